The zero-order valence-corrected chi connectivity index (χ0v) is 14.3. The number of aromatic nitrogens is 2. The number of benzene rings is 1. The van der Waals surface area contributed by atoms with Crippen LogP contribution < -0.4 is 5.32 Å². The van der Waals surface area contributed by atoms with Crippen LogP contribution in [0.2, 0.25) is 0 Å². The fourth-order valence-electron chi connectivity index (χ4n) is 3.91. The second-order valence-electron chi connectivity index (χ2n) is 6.92. The van der Waals surface area contributed by atoms with Crippen LogP contribution >= 0.6 is 12.4 Å². The van der Waals surface area contributed by atoms with E-state index in [1.807, 2.05) is 10.9 Å². The topological polar surface area (TPSA) is 33.1 Å². The number of nitrogens with zero attached hydrogens (tertiary/aromatic N) is 3. The fourth-order valence-corrected chi connectivity index (χ4v) is 3.91. The van der Waals surface area contributed by atoms with E-state index in [0.29, 0.717) is 5.41 Å². The summed E-state index contributed by atoms with van der Waals surface area (Å²) in [5.74, 6) is 0. The summed E-state index contributed by atoms with van der Waals surface area (Å²) in [6.07, 6.45) is 6.92. The number of hydrogen-bond donors (Lipinski definition) is 1. The van der Waals surface area contributed by atoms with Crippen molar-refractivity contribution < 1.29 is 0 Å². The second-order valence-corrected chi connectivity index (χ2v) is 6.92. The van der Waals surface area contributed by atoms with E-state index in [1.54, 1.807) is 0 Å². The zero-order valence-electron chi connectivity index (χ0n) is 13.4. The highest BCUT2D eigenvalue weighted by Crippen LogP contribution is 2.36. The van der Waals surface area contributed by atoms with Gasteiger partial charge in [-0.15, -0.1) is 12.4 Å². The Morgan fingerprint density at radius 3 is 2.74 bits per heavy atom. The molecule has 4 nitrogen and oxygen atoms in total. The summed E-state index contributed by atoms with van der Waals surface area (Å²) >= 11 is 0. The van der Waals surface area contributed by atoms with Gasteiger partial charge in [-0.25, -0.2) is 0 Å². The van der Waals surface area contributed by atoms with Crippen molar-refractivity contribution in [3.63, 3.8) is 0 Å². The third-order valence-electron chi connectivity index (χ3n) is 5.13. The predicted octanol–water partition coefficient (Wildman–Crippen LogP) is 2.54. The molecule has 124 valence electrons. The molecule has 2 aliphatic heterocycles. The zero-order chi connectivity index (χ0) is 14.8. The molecular weight excluding hydrogens is 308 g/mol. The molecule has 1 aromatic heterocycles. The normalized spacial score (nSPS) is 24.2. The molecule has 0 amide bonds. The molecule has 1 unspecified atom stereocenters. The summed E-state index contributed by atoms with van der Waals surface area (Å²) in [6.45, 7) is 6.76. The van der Waals surface area contributed by atoms with Gasteiger partial charge in [-0.05, 0) is 36.9 Å². The molecule has 2 aromatic rings. The van der Waals surface area contributed by atoms with Crippen molar-refractivity contribution in [3.05, 3.63) is 53.9 Å². The maximum atomic E-state index is 4.52. The minimum Gasteiger partial charge on any atom is -0.316 e. The lowest BCUT2D eigenvalue weighted by atomic mass is 9.87. The minimum atomic E-state index is 0. The molecule has 2 fully saturated rings. The van der Waals surface area contributed by atoms with E-state index in [-0.39, 0.29) is 12.4 Å². The van der Waals surface area contributed by atoms with E-state index < -0.39 is 0 Å². The Hall–Kier alpha value is -1.36. The first-order valence-corrected chi connectivity index (χ1v) is 8.30. The maximum absolute atomic E-state index is 4.52. The Kier molecular flexibility index (Phi) is 5.05. The first kappa shape index (κ1) is 16.5. The Bertz CT molecular complexity index is 619. The molecule has 1 N–H and O–H groups in total. The van der Waals surface area contributed by atoms with Gasteiger partial charge in [0.2, 0.25) is 0 Å². The van der Waals surface area contributed by atoms with Crippen LogP contribution in [-0.2, 0) is 13.1 Å². The van der Waals surface area contributed by atoms with E-state index in [4.69, 9.17) is 0 Å². The summed E-state index contributed by atoms with van der Waals surface area (Å²) in [5.41, 5.74) is 3.19. The first-order chi connectivity index (χ1) is 10.8. The van der Waals surface area contributed by atoms with Gasteiger partial charge in [0.15, 0.2) is 0 Å². The molecule has 1 aromatic carbocycles. The summed E-state index contributed by atoms with van der Waals surface area (Å²) in [4.78, 5) is 2.59. The summed E-state index contributed by atoms with van der Waals surface area (Å²) < 4.78 is 2.05. The molecular formula is C18H25ClN4. The van der Waals surface area contributed by atoms with Gasteiger partial charge < -0.3 is 5.32 Å². The molecule has 2 aliphatic rings. The van der Waals surface area contributed by atoms with Gasteiger partial charge in [0, 0.05) is 31.4 Å². The molecule has 2 saturated heterocycles. The van der Waals surface area contributed by atoms with Gasteiger partial charge in [-0.2, -0.15) is 5.10 Å². The lowest BCUT2D eigenvalue weighted by Gasteiger charge is -2.22. The van der Waals surface area contributed by atoms with Crippen molar-refractivity contribution in [2.45, 2.75) is 25.9 Å². The maximum Gasteiger partial charge on any atom is 0.0659 e. The van der Waals surface area contributed by atoms with Crippen LogP contribution in [0, 0.1) is 5.41 Å². The van der Waals surface area contributed by atoms with E-state index in [1.165, 1.54) is 50.1 Å². The van der Waals surface area contributed by atoms with Crippen molar-refractivity contribution in [2.24, 2.45) is 5.41 Å². The Balaban J connectivity index is 0.00000156. The van der Waals surface area contributed by atoms with Crippen LogP contribution in [0.4, 0.5) is 0 Å². The molecule has 0 aliphatic carbocycles. The van der Waals surface area contributed by atoms with Crippen molar-refractivity contribution in [1.82, 2.24) is 20.0 Å². The van der Waals surface area contributed by atoms with Crippen molar-refractivity contribution in [3.8, 4) is 0 Å². The van der Waals surface area contributed by atoms with Crippen LogP contribution in [0.25, 0.3) is 0 Å². The number of likely N-dealkylation sites (tertiary alicyclic amines) is 1. The lowest BCUT2D eigenvalue weighted by molar-refractivity contribution is 0.268. The highest BCUT2D eigenvalue weighted by Gasteiger charge is 2.40. The Morgan fingerprint density at radius 1 is 1.09 bits per heavy atom. The Morgan fingerprint density at radius 2 is 1.96 bits per heavy atom. The van der Waals surface area contributed by atoms with Crippen LogP contribution in [0.5, 0.6) is 0 Å². The van der Waals surface area contributed by atoms with Crippen LogP contribution in [0.15, 0.2) is 42.7 Å². The molecule has 4 rings (SSSR count). The summed E-state index contributed by atoms with van der Waals surface area (Å²) in [5, 5.41) is 8.05. The number of hydrogen-bond acceptors (Lipinski definition) is 3. The van der Waals surface area contributed by atoms with Crippen LogP contribution in [-0.4, -0.2) is 40.9 Å². The summed E-state index contributed by atoms with van der Waals surface area (Å²) in [6, 6.07) is 10.5. The molecule has 0 bridgehead atoms. The molecule has 0 saturated carbocycles. The molecule has 0 radical (unpaired) electrons. The third kappa shape index (κ3) is 3.77. The van der Waals surface area contributed by atoms with E-state index in [2.05, 4.69) is 51.8 Å². The number of nitrogens with one attached hydrogen (secondary N) is 1. The quantitative estimate of drug-likeness (QED) is 0.934. The van der Waals surface area contributed by atoms with E-state index in [0.717, 1.165) is 13.1 Å². The van der Waals surface area contributed by atoms with Crippen molar-refractivity contribution in [1.29, 1.82) is 0 Å². The largest absolute Gasteiger partial charge is 0.316 e. The van der Waals surface area contributed by atoms with Gasteiger partial charge in [0.25, 0.3) is 0 Å². The van der Waals surface area contributed by atoms with Gasteiger partial charge in [0.05, 0.1) is 12.7 Å². The lowest BCUT2D eigenvalue weighted by Crippen LogP contribution is -2.28. The predicted molar refractivity (Wildman–Crippen MR) is 94.8 cm³/mol. The summed E-state index contributed by atoms with van der Waals surface area (Å²) in [7, 11) is 0. The molecule has 1 atom stereocenters. The third-order valence-corrected chi connectivity index (χ3v) is 5.13. The molecule has 3 heterocycles. The van der Waals surface area contributed by atoms with Gasteiger partial charge in [-0.1, -0.05) is 30.3 Å². The minimum absolute atomic E-state index is 0. The van der Waals surface area contributed by atoms with Gasteiger partial charge in [-0.3, -0.25) is 9.58 Å². The van der Waals surface area contributed by atoms with Crippen LogP contribution in [0.3, 0.4) is 0 Å². The monoisotopic (exact) mass is 332 g/mol. The molecule has 23 heavy (non-hydrogen) atoms. The smallest absolute Gasteiger partial charge is 0.0659 e. The fraction of sp³-hybridized carbons (Fsp3) is 0.500. The average Bonchev–Trinajstić information content (AvgIpc) is 3.25. The van der Waals surface area contributed by atoms with E-state index >= 15 is 0 Å². The average molecular weight is 333 g/mol. The van der Waals surface area contributed by atoms with Crippen molar-refractivity contribution in [2.75, 3.05) is 26.2 Å². The highest BCUT2D eigenvalue weighted by atomic mass is 35.5. The van der Waals surface area contributed by atoms with E-state index in [9.17, 15) is 0 Å². The molecule has 5 heteroatoms. The number of rotatable bonds is 4. The highest BCUT2D eigenvalue weighted by molar-refractivity contribution is 5.85. The number of halogens is 1. The van der Waals surface area contributed by atoms with Gasteiger partial charge >= 0.3 is 0 Å². The molecule has 1 spiro atoms. The first-order valence-electron chi connectivity index (χ1n) is 8.30. The van der Waals surface area contributed by atoms with Crippen molar-refractivity contribution >= 4 is 12.4 Å². The standard InChI is InChI=1S/C18H24N4.ClH/c1-2-4-16(5-3-1)12-22-13-17(10-20-22)11-21-9-7-18(15-21)6-8-19-14-18;/h1-5,10,13,19H,6-9,11-12,14-15H2;1H. The Labute approximate surface area is 144 Å². The van der Waals surface area contributed by atoms with Crippen LogP contribution in [0.1, 0.15) is 24.0 Å². The SMILES string of the molecule is Cl.c1ccc(Cn2cc(CN3CCC4(CCNC4)C3)cn2)cc1. The van der Waals surface area contributed by atoms with Gasteiger partial charge in [0.1, 0.15) is 0 Å². The second kappa shape index (κ2) is 7.04.